The van der Waals surface area contributed by atoms with Gasteiger partial charge in [0.1, 0.15) is 0 Å². The van der Waals surface area contributed by atoms with Gasteiger partial charge in [0, 0.05) is 72.0 Å². The first-order valence-electron chi connectivity index (χ1n) is 39.4. The quantitative estimate of drug-likeness (QED) is 0.0325. The first-order valence-corrected chi connectivity index (χ1v) is 39.4. The van der Waals surface area contributed by atoms with Crippen molar-refractivity contribution in [3.8, 4) is 0 Å². The third-order valence-electron chi connectivity index (χ3n) is 18.0. The van der Waals surface area contributed by atoms with E-state index in [4.69, 9.17) is 0 Å². The van der Waals surface area contributed by atoms with E-state index in [0.29, 0.717) is 72.0 Å². The zero-order valence-electron chi connectivity index (χ0n) is 60.6. The van der Waals surface area contributed by atoms with Gasteiger partial charge in [-0.05, 0) is 32.1 Å². The van der Waals surface area contributed by atoms with Crippen LogP contribution in [0.4, 0.5) is 0 Å². The lowest BCUT2D eigenvalue weighted by Crippen LogP contribution is -2.48. The Bertz CT molecular complexity index is 1480. The number of carbonyl (C=O) groups excluding carboxylic acids is 5. The van der Waals surface area contributed by atoms with Crippen LogP contribution in [0.15, 0.2) is 0 Å². The molecular formula is C76H153N9O5. The molecule has 0 saturated heterocycles. The molecule has 0 aliphatic rings. The molecule has 0 rings (SSSR count). The van der Waals surface area contributed by atoms with Crippen molar-refractivity contribution in [1.29, 1.82) is 0 Å². The molecule has 14 heteroatoms. The summed E-state index contributed by atoms with van der Waals surface area (Å²) in [6.45, 7) is 18.5. The van der Waals surface area contributed by atoms with E-state index in [1.165, 1.54) is 257 Å². The lowest BCUT2D eigenvalue weighted by atomic mass is 10.1. The molecule has 0 saturated carbocycles. The number of nitrogens with zero attached hydrogens (tertiary/aromatic N) is 3. The fourth-order valence-electron chi connectivity index (χ4n) is 12.1. The van der Waals surface area contributed by atoms with Crippen molar-refractivity contribution in [2.45, 2.75) is 356 Å². The van der Waals surface area contributed by atoms with Crippen LogP contribution in [-0.4, -0.2) is 149 Å². The maximum Gasteiger partial charge on any atom is 0.234 e. The third-order valence-corrected chi connectivity index (χ3v) is 18.0. The molecule has 0 aromatic rings. The van der Waals surface area contributed by atoms with E-state index in [-0.39, 0.29) is 62.3 Å². The number of hydrogen-bond acceptors (Lipinski definition) is 9. The highest BCUT2D eigenvalue weighted by Crippen LogP contribution is 2.15. The lowest BCUT2D eigenvalue weighted by Gasteiger charge is -2.27. The van der Waals surface area contributed by atoms with E-state index >= 15 is 0 Å². The third kappa shape index (κ3) is 66.6. The van der Waals surface area contributed by atoms with Crippen LogP contribution in [0.3, 0.4) is 0 Å². The van der Waals surface area contributed by atoms with Crippen molar-refractivity contribution in [3.05, 3.63) is 0 Å². The second-order valence-corrected chi connectivity index (χ2v) is 27.1. The normalized spacial score (nSPS) is 11.6. The Morgan fingerprint density at radius 2 is 0.344 bits per heavy atom. The van der Waals surface area contributed by atoms with Crippen LogP contribution in [0, 0.1) is 0 Å². The van der Waals surface area contributed by atoms with Gasteiger partial charge in [0.25, 0.3) is 0 Å². The Labute approximate surface area is 557 Å². The second-order valence-electron chi connectivity index (χ2n) is 27.1. The van der Waals surface area contributed by atoms with E-state index in [2.05, 4.69) is 71.4 Å². The molecule has 0 aliphatic carbocycles. The molecule has 0 fully saturated rings. The van der Waals surface area contributed by atoms with E-state index < -0.39 is 0 Å². The summed E-state index contributed by atoms with van der Waals surface area (Å²) in [6.07, 6.45) is 62.1. The molecule has 0 bridgehead atoms. The fourth-order valence-corrected chi connectivity index (χ4v) is 12.1. The van der Waals surface area contributed by atoms with E-state index in [1.54, 1.807) is 0 Å². The van der Waals surface area contributed by atoms with E-state index in [1.807, 2.05) is 9.80 Å². The average Bonchev–Trinajstić information content (AvgIpc) is 3.74. The van der Waals surface area contributed by atoms with Gasteiger partial charge in [-0.3, -0.25) is 38.7 Å². The molecule has 5 amide bonds. The molecule has 14 nitrogen and oxygen atoms in total. The van der Waals surface area contributed by atoms with Crippen LogP contribution < -0.4 is 31.9 Å². The summed E-state index contributed by atoms with van der Waals surface area (Å²) in [6, 6.07) is 0. The molecule has 6 N–H and O–H groups in total. The maximum absolute atomic E-state index is 13.7. The van der Waals surface area contributed by atoms with Gasteiger partial charge in [-0.2, -0.15) is 0 Å². The van der Waals surface area contributed by atoms with Gasteiger partial charge in [-0.1, -0.05) is 324 Å². The molecule has 0 aromatic carbocycles. The topological polar surface area (TPSA) is 167 Å². The molecule has 0 heterocycles. The van der Waals surface area contributed by atoms with E-state index in [9.17, 15) is 24.0 Å². The van der Waals surface area contributed by atoms with Crippen LogP contribution in [0.5, 0.6) is 0 Å². The molecule has 0 unspecified atom stereocenters. The minimum atomic E-state index is -0.0691. The summed E-state index contributed by atoms with van der Waals surface area (Å²) >= 11 is 0. The smallest absolute Gasteiger partial charge is 0.234 e. The average molecular weight is 1270 g/mol. The molecule has 0 spiro atoms. The summed E-state index contributed by atoms with van der Waals surface area (Å²) in [4.78, 5) is 73.5. The molecule has 0 atom stereocenters. The molecule has 90 heavy (non-hydrogen) atoms. The summed E-state index contributed by atoms with van der Waals surface area (Å²) < 4.78 is 0. The Balaban J connectivity index is 5.84. The first kappa shape index (κ1) is 87.2. The number of nitrogens with one attached hydrogen (secondary N) is 6. The first-order chi connectivity index (χ1) is 44.2. The van der Waals surface area contributed by atoms with Crippen LogP contribution in [0.25, 0.3) is 0 Å². The van der Waals surface area contributed by atoms with Gasteiger partial charge in [0.05, 0.1) is 32.7 Å². The molecule has 0 radical (unpaired) electrons. The standard InChI is InChI=1S/C76H153N9O5/c1-6-11-16-21-26-31-36-41-46-51-56-78-72(86)67-83(65-66-85(70-75(89)81-59-54-49-44-39-34-29-24-19-14-9-4)71-76(90)82-60-55-50-45-40-35-30-25-20-15-10-5)63-61-77-62-64-84(68-73(87)79-57-52-47-42-37-32-27-22-17-12-7-2)69-74(88)80-58-53-48-43-38-33-28-23-18-13-8-3/h77H,6-71H2,1-5H3,(H,78,86)(H,79,87)(H,80,88)(H,81,89)(H,82,90). The van der Waals surface area contributed by atoms with Crippen molar-refractivity contribution in [2.75, 3.05) is 105 Å². The Morgan fingerprint density at radius 1 is 0.189 bits per heavy atom. The summed E-state index contributed by atoms with van der Waals surface area (Å²) in [7, 11) is 0. The number of hydrogen-bond donors (Lipinski definition) is 6. The van der Waals surface area contributed by atoms with Gasteiger partial charge in [-0.25, -0.2) is 0 Å². The van der Waals surface area contributed by atoms with Gasteiger partial charge < -0.3 is 31.9 Å². The van der Waals surface area contributed by atoms with Gasteiger partial charge in [0.2, 0.25) is 29.5 Å². The summed E-state index contributed by atoms with van der Waals surface area (Å²) in [5.74, 6) is -0.249. The Hall–Kier alpha value is -2.81. The minimum Gasteiger partial charge on any atom is -0.355 e. The number of rotatable bonds is 74. The second kappa shape index (κ2) is 72.0. The molecular weight excluding hydrogens is 1120 g/mol. The lowest BCUT2D eigenvalue weighted by molar-refractivity contribution is -0.127. The Kier molecular flexibility index (Phi) is 69.8. The minimum absolute atomic E-state index is 0.0141. The summed E-state index contributed by atoms with van der Waals surface area (Å²) in [5, 5.41) is 19.4. The molecule has 0 aliphatic heterocycles. The zero-order valence-corrected chi connectivity index (χ0v) is 60.6. The van der Waals surface area contributed by atoms with Crippen molar-refractivity contribution in [3.63, 3.8) is 0 Å². The number of carbonyl (C=O) groups is 5. The largest absolute Gasteiger partial charge is 0.355 e. The predicted molar refractivity (Wildman–Crippen MR) is 386 cm³/mol. The highest BCUT2D eigenvalue weighted by atomic mass is 16.2. The monoisotopic (exact) mass is 1270 g/mol. The van der Waals surface area contributed by atoms with Crippen LogP contribution >= 0.6 is 0 Å². The highest BCUT2D eigenvalue weighted by Gasteiger charge is 2.19. The van der Waals surface area contributed by atoms with Crippen molar-refractivity contribution in [1.82, 2.24) is 46.6 Å². The van der Waals surface area contributed by atoms with Crippen LogP contribution in [-0.2, 0) is 24.0 Å². The highest BCUT2D eigenvalue weighted by molar-refractivity contribution is 5.82. The van der Waals surface area contributed by atoms with Crippen molar-refractivity contribution >= 4 is 29.5 Å². The van der Waals surface area contributed by atoms with Crippen LogP contribution in [0.2, 0.25) is 0 Å². The molecule has 532 valence electrons. The van der Waals surface area contributed by atoms with Gasteiger partial charge in [0.15, 0.2) is 0 Å². The van der Waals surface area contributed by atoms with Crippen molar-refractivity contribution in [2.24, 2.45) is 0 Å². The molecule has 0 aromatic heterocycles. The SMILES string of the molecule is CCCCCCCCCCCCNC(=O)CN(CCNCCN(CC(=O)NCCCCCCCCCCCC)CC(=O)NCCCCCCCCCCCC)CCN(CC(=O)NCCCCCCCCCCCC)CC(=O)NCCCCCCCCCCCC. The maximum atomic E-state index is 13.7. The zero-order chi connectivity index (χ0) is 65.5. The predicted octanol–water partition coefficient (Wildman–Crippen LogP) is 16.7. The number of amides is 5. The fraction of sp³-hybridized carbons (Fsp3) is 0.934. The number of unbranched alkanes of at least 4 members (excludes halogenated alkanes) is 45. The van der Waals surface area contributed by atoms with Gasteiger partial charge in [-0.15, -0.1) is 0 Å². The Morgan fingerprint density at radius 3 is 0.556 bits per heavy atom. The van der Waals surface area contributed by atoms with Crippen LogP contribution in [0.1, 0.15) is 356 Å². The summed E-state index contributed by atoms with van der Waals surface area (Å²) in [5.41, 5.74) is 0. The van der Waals surface area contributed by atoms with Gasteiger partial charge >= 0.3 is 0 Å². The van der Waals surface area contributed by atoms with E-state index in [0.717, 1.165) is 64.2 Å². The van der Waals surface area contributed by atoms with Crippen molar-refractivity contribution < 1.29 is 24.0 Å².